The number of anilines is 1. The van der Waals surface area contributed by atoms with Crippen LogP contribution in [0.1, 0.15) is 19.4 Å². The van der Waals surface area contributed by atoms with E-state index in [0.29, 0.717) is 16.1 Å². The molecule has 5 nitrogen and oxygen atoms in total. The second-order valence-corrected chi connectivity index (χ2v) is 4.86. The normalized spacial score (nSPS) is 15.3. The van der Waals surface area contributed by atoms with Gasteiger partial charge < -0.3 is 4.74 Å². The third kappa shape index (κ3) is 2.36. The average molecular weight is 288 g/mol. The van der Waals surface area contributed by atoms with E-state index >= 15 is 0 Å². The zero-order chi connectivity index (χ0) is 14.7. The van der Waals surface area contributed by atoms with E-state index in [1.807, 2.05) is 11.4 Å². The van der Waals surface area contributed by atoms with Crippen LogP contribution in [-0.2, 0) is 14.3 Å². The van der Waals surface area contributed by atoms with E-state index in [4.69, 9.17) is 4.74 Å². The maximum Gasteiger partial charge on any atom is 0.349 e. The van der Waals surface area contributed by atoms with Gasteiger partial charge in [0.25, 0.3) is 0 Å². The molecule has 0 radical (unpaired) electrons. The number of thiophene rings is 1. The Morgan fingerprint density at radius 3 is 2.85 bits per heavy atom. The molecule has 0 saturated carbocycles. The van der Waals surface area contributed by atoms with Gasteiger partial charge in [-0.2, -0.15) is 5.26 Å². The molecule has 6 heteroatoms. The fraction of sp³-hybridized carbons (Fsp3) is 0.214. The van der Waals surface area contributed by atoms with E-state index in [0.717, 1.165) is 0 Å². The highest BCUT2D eigenvalue weighted by Gasteiger charge is 2.25. The van der Waals surface area contributed by atoms with Gasteiger partial charge in [0.15, 0.2) is 0 Å². The van der Waals surface area contributed by atoms with Crippen LogP contribution in [0.5, 0.6) is 0 Å². The number of carbonyl (C=O) groups excluding carboxylic acids is 2. The minimum absolute atomic E-state index is 0.0500. The van der Waals surface area contributed by atoms with E-state index in [9.17, 15) is 14.9 Å². The maximum absolute atomic E-state index is 11.8. The second-order valence-electron chi connectivity index (χ2n) is 3.97. The summed E-state index contributed by atoms with van der Waals surface area (Å²) in [4.78, 5) is 24.8. The minimum Gasteiger partial charge on any atom is -0.462 e. The molecule has 102 valence electrons. The van der Waals surface area contributed by atoms with Gasteiger partial charge in [-0.25, -0.2) is 4.79 Å². The summed E-state index contributed by atoms with van der Waals surface area (Å²) in [5.41, 5.74) is 1.13. The molecule has 0 unspecified atom stereocenters. The number of amides is 1. The molecule has 20 heavy (non-hydrogen) atoms. The number of rotatable bonds is 2. The molecule has 0 saturated heterocycles. The smallest absolute Gasteiger partial charge is 0.349 e. The van der Waals surface area contributed by atoms with Crippen molar-refractivity contribution in [3.8, 4) is 6.07 Å². The van der Waals surface area contributed by atoms with Gasteiger partial charge in [-0.1, -0.05) is 0 Å². The van der Waals surface area contributed by atoms with Crippen molar-refractivity contribution in [3.05, 3.63) is 34.9 Å². The highest BCUT2D eigenvalue weighted by molar-refractivity contribution is 7.14. The van der Waals surface area contributed by atoms with Crippen LogP contribution in [0.2, 0.25) is 0 Å². The molecule has 0 N–H and O–H groups in total. The molecular formula is C14H12N2O3S. The third-order valence-corrected chi connectivity index (χ3v) is 3.66. The monoisotopic (exact) mass is 288 g/mol. The molecule has 2 rings (SSSR count). The quantitative estimate of drug-likeness (QED) is 0.476. The first-order chi connectivity index (χ1) is 9.60. The zero-order valence-corrected chi connectivity index (χ0v) is 11.9. The van der Waals surface area contributed by atoms with Gasteiger partial charge in [-0.05, 0) is 24.4 Å². The highest BCUT2D eigenvalue weighted by Crippen LogP contribution is 2.39. The molecule has 1 amide bonds. The summed E-state index contributed by atoms with van der Waals surface area (Å²) in [6, 6.07) is 3.67. The van der Waals surface area contributed by atoms with Crippen molar-refractivity contribution >= 4 is 33.8 Å². The predicted molar refractivity (Wildman–Crippen MR) is 75.8 cm³/mol. The van der Waals surface area contributed by atoms with Gasteiger partial charge >= 0.3 is 5.97 Å². The van der Waals surface area contributed by atoms with E-state index in [1.165, 1.54) is 23.2 Å². The molecule has 2 heterocycles. The first-order valence-electron chi connectivity index (χ1n) is 5.97. The number of hydrogen-bond donors (Lipinski definition) is 0. The van der Waals surface area contributed by atoms with Gasteiger partial charge in [-0.3, -0.25) is 9.69 Å². The van der Waals surface area contributed by atoms with Crippen LogP contribution in [0.3, 0.4) is 0 Å². The van der Waals surface area contributed by atoms with Gasteiger partial charge in [-0.15, -0.1) is 11.3 Å². The first kappa shape index (κ1) is 14.0. The number of hydrogen-bond acceptors (Lipinski definition) is 5. The number of nitrogens with zero attached hydrogens (tertiary/aromatic N) is 2. The lowest BCUT2D eigenvalue weighted by molar-refractivity contribution is -0.137. The molecule has 1 aliphatic heterocycles. The fourth-order valence-electron chi connectivity index (χ4n) is 1.88. The Hall–Kier alpha value is -2.39. The van der Waals surface area contributed by atoms with Crippen molar-refractivity contribution < 1.29 is 14.3 Å². The SMILES string of the molecule is CCOC(=O)/C(C#N)=C1/C=CN(C(C)=O)c2sccc21. The van der Waals surface area contributed by atoms with Crippen molar-refractivity contribution in [2.75, 3.05) is 11.5 Å². The number of esters is 1. The Morgan fingerprint density at radius 2 is 2.25 bits per heavy atom. The summed E-state index contributed by atoms with van der Waals surface area (Å²) < 4.78 is 4.88. The number of carbonyl (C=O) groups is 2. The largest absolute Gasteiger partial charge is 0.462 e. The van der Waals surface area contributed by atoms with Crippen LogP contribution in [0.15, 0.2) is 29.3 Å². The summed E-state index contributed by atoms with van der Waals surface area (Å²) in [5.74, 6) is -0.776. The summed E-state index contributed by atoms with van der Waals surface area (Å²) >= 11 is 1.38. The van der Waals surface area contributed by atoms with Crippen LogP contribution in [0.4, 0.5) is 5.00 Å². The standard InChI is InChI=1S/C14H12N2O3S/c1-3-19-14(18)12(8-15)10-4-6-16(9(2)17)13-11(10)5-7-20-13/h4-7H,3H2,1-2H3/b12-10-. The van der Waals surface area contributed by atoms with E-state index in [2.05, 4.69) is 0 Å². The molecule has 1 aliphatic rings. The van der Waals surface area contributed by atoms with Gasteiger partial charge in [0, 0.05) is 24.3 Å². The lowest BCUT2D eigenvalue weighted by Gasteiger charge is -2.21. The van der Waals surface area contributed by atoms with Crippen LogP contribution < -0.4 is 4.90 Å². The van der Waals surface area contributed by atoms with Crippen molar-refractivity contribution in [2.45, 2.75) is 13.8 Å². The lowest BCUT2D eigenvalue weighted by Crippen LogP contribution is -2.24. The van der Waals surface area contributed by atoms with E-state index < -0.39 is 5.97 Å². The van der Waals surface area contributed by atoms with Gasteiger partial charge in [0.2, 0.25) is 5.91 Å². The average Bonchev–Trinajstić information content (AvgIpc) is 2.88. The van der Waals surface area contributed by atoms with E-state index in [-0.39, 0.29) is 18.1 Å². The third-order valence-electron chi connectivity index (χ3n) is 2.74. The molecule has 0 spiro atoms. The van der Waals surface area contributed by atoms with Crippen LogP contribution in [-0.4, -0.2) is 18.5 Å². The predicted octanol–water partition coefficient (Wildman–Crippen LogP) is 2.47. The molecule has 0 aliphatic carbocycles. The molecule has 0 fully saturated rings. The molecule has 0 aromatic carbocycles. The van der Waals surface area contributed by atoms with Crippen molar-refractivity contribution in [2.24, 2.45) is 0 Å². The fourth-order valence-corrected chi connectivity index (χ4v) is 2.83. The van der Waals surface area contributed by atoms with E-state index in [1.54, 1.807) is 25.3 Å². The Morgan fingerprint density at radius 1 is 1.50 bits per heavy atom. The topological polar surface area (TPSA) is 70.4 Å². The lowest BCUT2D eigenvalue weighted by atomic mass is 10.00. The van der Waals surface area contributed by atoms with Crippen molar-refractivity contribution in [3.63, 3.8) is 0 Å². The summed E-state index contributed by atoms with van der Waals surface area (Å²) in [6.45, 7) is 3.35. The van der Waals surface area contributed by atoms with Crippen LogP contribution >= 0.6 is 11.3 Å². The summed E-state index contributed by atoms with van der Waals surface area (Å²) in [7, 11) is 0. The highest BCUT2D eigenvalue weighted by atomic mass is 32.1. The number of nitriles is 1. The molecular weight excluding hydrogens is 276 g/mol. The van der Waals surface area contributed by atoms with Crippen molar-refractivity contribution in [1.29, 1.82) is 5.26 Å². The Bertz CT molecular complexity index is 664. The Balaban J connectivity index is 2.56. The van der Waals surface area contributed by atoms with Gasteiger partial charge in [0.1, 0.15) is 16.6 Å². The van der Waals surface area contributed by atoms with Crippen LogP contribution in [0, 0.1) is 11.3 Å². The molecule has 0 atom stereocenters. The zero-order valence-electron chi connectivity index (χ0n) is 11.0. The number of ether oxygens (including phenoxy) is 1. The molecule has 1 aromatic heterocycles. The maximum atomic E-state index is 11.8. The Kier molecular flexibility index (Phi) is 4.01. The summed E-state index contributed by atoms with van der Waals surface area (Å²) in [6.07, 6.45) is 3.15. The summed E-state index contributed by atoms with van der Waals surface area (Å²) in [5, 5.41) is 11.7. The minimum atomic E-state index is -0.650. The number of allylic oxidation sites excluding steroid dienone is 2. The molecule has 1 aromatic rings. The molecule has 0 bridgehead atoms. The van der Waals surface area contributed by atoms with Crippen molar-refractivity contribution in [1.82, 2.24) is 0 Å². The van der Waals surface area contributed by atoms with Crippen LogP contribution in [0.25, 0.3) is 5.57 Å². The second kappa shape index (κ2) is 5.72. The number of fused-ring (bicyclic) bond motifs is 1. The Labute approximate surface area is 120 Å². The van der Waals surface area contributed by atoms with Gasteiger partial charge in [0.05, 0.1) is 6.61 Å². The first-order valence-corrected chi connectivity index (χ1v) is 6.85.